The summed E-state index contributed by atoms with van der Waals surface area (Å²) in [6.45, 7) is 0.880. The van der Waals surface area contributed by atoms with E-state index in [1.807, 2.05) is 60.7 Å². The van der Waals surface area contributed by atoms with Crippen molar-refractivity contribution in [2.45, 2.75) is 13.2 Å². The van der Waals surface area contributed by atoms with E-state index in [1.165, 1.54) is 0 Å². The second kappa shape index (κ2) is 9.34. The molecule has 0 amide bonds. The molecule has 0 aliphatic heterocycles. The molecule has 0 aliphatic carbocycles. The normalized spacial score (nSPS) is 10.7. The molecule has 0 bridgehead atoms. The highest BCUT2D eigenvalue weighted by atomic mass is 35.5. The average molecular weight is 457 g/mol. The highest BCUT2D eigenvalue weighted by Gasteiger charge is 2.09. The highest BCUT2D eigenvalue weighted by molar-refractivity contribution is 7.71. The molecule has 5 nitrogen and oxygen atoms in total. The van der Waals surface area contributed by atoms with Gasteiger partial charge in [-0.15, -0.1) is 0 Å². The molecule has 0 atom stereocenters. The van der Waals surface area contributed by atoms with E-state index in [4.69, 9.17) is 40.2 Å². The quantitative estimate of drug-likeness (QED) is 0.323. The first kappa shape index (κ1) is 20.5. The van der Waals surface area contributed by atoms with Crippen LogP contribution >= 0.6 is 35.4 Å². The van der Waals surface area contributed by atoms with Crippen molar-refractivity contribution in [1.29, 1.82) is 0 Å². The fourth-order valence-corrected chi connectivity index (χ4v) is 3.63. The fourth-order valence-electron chi connectivity index (χ4n) is 2.92. The predicted octanol–water partition coefficient (Wildman–Crippen LogP) is 6.24. The predicted molar refractivity (Wildman–Crippen MR) is 123 cm³/mol. The zero-order valence-electron chi connectivity index (χ0n) is 15.8. The summed E-state index contributed by atoms with van der Waals surface area (Å²) in [7, 11) is 0. The maximum absolute atomic E-state index is 6.19. The molecule has 0 saturated heterocycles. The third-order valence-corrected chi connectivity index (χ3v) is 5.50. The molecule has 0 unspecified atom stereocenters. The number of nitrogens with one attached hydrogen (secondary N) is 2. The lowest BCUT2D eigenvalue weighted by Gasteiger charge is -2.12. The van der Waals surface area contributed by atoms with Gasteiger partial charge in [0, 0.05) is 21.2 Å². The van der Waals surface area contributed by atoms with Gasteiger partial charge in [0.05, 0.1) is 6.54 Å². The van der Waals surface area contributed by atoms with Gasteiger partial charge in [-0.05, 0) is 42.0 Å². The Kier molecular flexibility index (Phi) is 6.38. The van der Waals surface area contributed by atoms with Crippen molar-refractivity contribution in [2.75, 3.05) is 5.43 Å². The smallest absolute Gasteiger partial charge is 0.214 e. The summed E-state index contributed by atoms with van der Waals surface area (Å²) in [6.07, 6.45) is 0. The molecule has 0 saturated carbocycles. The third-order valence-electron chi connectivity index (χ3n) is 4.51. The lowest BCUT2D eigenvalue weighted by Crippen LogP contribution is -2.15. The Hall–Kier alpha value is -2.80. The van der Waals surface area contributed by atoms with E-state index < -0.39 is 0 Å². The Morgan fingerprint density at radius 1 is 0.933 bits per heavy atom. The number of ether oxygens (including phenoxy) is 1. The average Bonchev–Trinajstić information content (AvgIpc) is 3.14. The number of rotatable bonds is 7. The number of halogens is 2. The molecule has 0 fully saturated rings. The van der Waals surface area contributed by atoms with E-state index in [-0.39, 0.29) is 0 Å². The minimum Gasteiger partial charge on any atom is -0.489 e. The first-order chi connectivity index (χ1) is 14.6. The van der Waals surface area contributed by atoms with E-state index in [0.29, 0.717) is 28.0 Å². The minimum atomic E-state index is 0.306. The molecule has 4 rings (SSSR count). The van der Waals surface area contributed by atoms with Crippen molar-refractivity contribution in [3.8, 4) is 17.1 Å². The van der Waals surface area contributed by atoms with Gasteiger partial charge in [0.15, 0.2) is 5.82 Å². The Balaban J connectivity index is 1.40. The molecule has 1 aromatic heterocycles. The van der Waals surface area contributed by atoms with E-state index in [1.54, 1.807) is 16.8 Å². The molecular weight excluding hydrogens is 439 g/mol. The number of nitrogens with zero attached hydrogens (tertiary/aromatic N) is 2. The summed E-state index contributed by atoms with van der Waals surface area (Å²) < 4.78 is 8.11. The van der Waals surface area contributed by atoms with Crippen molar-refractivity contribution in [3.05, 3.63) is 98.7 Å². The first-order valence-electron chi connectivity index (χ1n) is 9.23. The molecule has 0 spiro atoms. The molecule has 2 N–H and O–H groups in total. The third kappa shape index (κ3) is 4.67. The van der Waals surface area contributed by atoms with Crippen molar-refractivity contribution in [2.24, 2.45) is 0 Å². The summed E-state index contributed by atoms with van der Waals surface area (Å²) in [4.78, 5) is 0. The monoisotopic (exact) mass is 456 g/mol. The van der Waals surface area contributed by atoms with Gasteiger partial charge < -0.3 is 10.2 Å². The number of hydrogen-bond acceptors (Lipinski definition) is 4. The van der Waals surface area contributed by atoms with Gasteiger partial charge in [-0.3, -0.25) is 0 Å². The van der Waals surface area contributed by atoms with Crippen molar-refractivity contribution >= 4 is 35.4 Å². The van der Waals surface area contributed by atoms with Gasteiger partial charge in [-0.2, -0.15) is 5.10 Å². The van der Waals surface area contributed by atoms with E-state index >= 15 is 0 Å². The van der Waals surface area contributed by atoms with Crippen LogP contribution < -0.4 is 10.2 Å². The lowest BCUT2D eigenvalue weighted by atomic mass is 10.2. The maximum Gasteiger partial charge on any atom is 0.214 e. The molecule has 4 aromatic rings. The summed E-state index contributed by atoms with van der Waals surface area (Å²) in [5, 5.41) is 8.34. The highest BCUT2D eigenvalue weighted by Crippen LogP contribution is 2.26. The minimum absolute atomic E-state index is 0.306. The molecule has 0 radical (unpaired) electrons. The summed E-state index contributed by atoms with van der Waals surface area (Å²) in [5.41, 5.74) is 6.13. The van der Waals surface area contributed by atoms with Gasteiger partial charge in [-0.25, -0.2) is 9.77 Å². The summed E-state index contributed by atoms with van der Waals surface area (Å²) in [6, 6.07) is 23.1. The molecule has 0 aliphatic rings. The molecule has 3 aromatic carbocycles. The number of H-pyrrole nitrogens is 1. The van der Waals surface area contributed by atoms with Crippen LogP contribution in [0.5, 0.6) is 5.75 Å². The SMILES string of the molecule is S=c1[nH]nc(-c2ccccc2)n1NCc1ccc(OCc2c(Cl)cccc2Cl)cc1. The van der Waals surface area contributed by atoms with Crippen molar-refractivity contribution in [1.82, 2.24) is 14.9 Å². The van der Waals surface area contributed by atoms with Gasteiger partial charge >= 0.3 is 0 Å². The topological polar surface area (TPSA) is 54.9 Å². The van der Waals surface area contributed by atoms with Crippen LogP contribution in [0.25, 0.3) is 11.4 Å². The van der Waals surface area contributed by atoms with E-state index in [0.717, 1.165) is 28.3 Å². The van der Waals surface area contributed by atoms with Crippen LogP contribution in [0.3, 0.4) is 0 Å². The zero-order valence-corrected chi connectivity index (χ0v) is 18.1. The van der Waals surface area contributed by atoms with Gasteiger partial charge in [-0.1, -0.05) is 71.7 Å². The number of aromatic amines is 1. The van der Waals surface area contributed by atoms with Crippen molar-refractivity contribution in [3.63, 3.8) is 0 Å². The van der Waals surface area contributed by atoms with E-state index in [2.05, 4.69) is 15.6 Å². The molecular formula is C22H18Cl2N4OS. The second-order valence-electron chi connectivity index (χ2n) is 6.52. The van der Waals surface area contributed by atoms with Crippen LogP contribution in [0.2, 0.25) is 10.0 Å². The van der Waals surface area contributed by atoms with Crippen LogP contribution in [0.4, 0.5) is 0 Å². The molecule has 152 valence electrons. The molecule has 30 heavy (non-hydrogen) atoms. The van der Waals surface area contributed by atoms with Crippen LogP contribution in [0, 0.1) is 4.77 Å². The van der Waals surface area contributed by atoms with Crippen LogP contribution in [-0.2, 0) is 13.2 Å². The largest absolute Gasteiger partial charge is 0.489 e. The lowest BCUT2D eigenvalue weighted by molar-refractivity contribution is 0.306. The van der Waals surface area contributed by atoms with Gasteiger partial charge in [0.1, 0.15) is 12.4 Å². The first-order valence-corrected chi connectivity index (χ1v) is 10.4. The Morgan fingerprint density at radius 3 is 2.33 bits per heavy atom. The molecule has 1 heterocycles. The van der Waals surface area contributed by atoms with Crippen LogP contribution in [0.15, 0.2) is 72.8 Å². The zero-order chi connectivity index (χ0) is 20.9. The maximum atomic E-state index is 6.19. The van der Waals surface area contributed by atoms with Crippen LogP contribution in [-0.4, -0.2) is 14.9 Å². The van der Waals surface area contributed by atoms with Crippen molar-refractivity contribution < 1.29 is 4.74 Å². The Labute approximate surface area is 189 Å². The second-order valence-corrected chi connectivity index (χ2v) is 7.72. The number of benzene rings is 3. The number of hydrogen-bond donors (Lipinski definition) is 2. The summed E-state index contributed by atoms with van der Waals surface area (Å²) >= 11 is 17.7. The van der Waals surface area contributed by atoms with Gasteiger partial charge in [0.2, 0.25) is 4.77 Å². The summed E-state index contributed by atoms with van der Waals surface area (Å²) in [5.74, 6) is 1.47. The van der Waals surface area contributed by atoms with Gasteiger partial charge in [0.25, 0.3) is 0 Å². The Bertz CT molecular complexity index is 1170. The van der Waals surface area contributed by atoms with E-state index in [9.17, 15) is 0 Å². The fraction of sp³-hybridized carbons (Fsp3) is 0.0909. The number of aromatic nitrogens is 3. The van der Waals surface area contributed by atoms with Crippen LogP contribution in [0.1, 0.15) is 11.1 Å². The molecule has 8 heteroatoms. The standard InChI is InChI=1S/C22H18Cl2N4OS/c23-19-7-4-8-20(24)18(19)14-29-17-11-9-15(10-12-17)13-25-28-21(26-27-22(28)30)16-5-2-1-3-6-16/h1-12,25H,13-14H2,(H,27,30). The Morgan fingerprint density at radius 2 is 1.63 bits per heavy atom.